The van der Waals surface area contributed by atoms with Crippen LogP contribution in [0.3, 0.4) is 0 Å². The molecule has 2 aliphatic heterocycles. The van der Waals surface area contributed by atoms with Crippen molar-refractivity contribution in [2.75, 3.05) is 44.2 Å². The quantitative estimate of drug-likeness (QED) is 0.716. The summed E-state index contributed by atoms with van der Waals surface area (Å²) < 4.78 is 32.1. The van der Waals surface area contributed by atoms with Crippen LogP contribution in [-0.4, -0.2) is 67.0 Å². The van der Waals surface area contributed by atoms with Crippen molar-refractivity contribution in [3.63, 3.8) is 0 Å². The molecule has 2 heterocycles. The number of rotatable bonds is 4. The van der Waals surface area contributed by atoms with Crippen molar-refractivity contribution in [2.24, 2.45) is 11.8 Å². The first kappa shape index (κ1) is 21.0. The molecule has 2 fully saturated rings. The minimum atomic E-state index is -0.874. The van der Waals surface area contributed by atoms with E-state index in [1.165, 1.54) is 4.90 Å². The van der Waals surface area contributed by atoms with E-state index in [9.17, 15) is 23.2 Å². The van der Waals surface area contributed by atoms with Crippen molar-refractivity contribution in [1.82, 2.24) is 9.80 Å². The minimum absolute atomic E-state index is 0.112. The molecular weight excluding hydrogens is 384 g/mol. The number of carbonyl (C=O) groups is 3. The van der Waals surface area contributed by atoms with Gasteiger partial charge in [-0.3, -0.25) is 9.59 Å². The second-order valence-electron chi connectivity index (χ2n) is 7.74. The van der Waals surface area contributed by atoms with Crippen LogP contribution in [0.4, 0.5) is 19.3 Å². The lowest BCUT2D eigenvalue weighted by Gasteiger charge is -2.35. The van der Waals surface area contributed by atoms with Crippen LogP contribution < -0.4 is 4.90 Å². The Kier molecular flexibility index (Phi) is 6.34. The van der Waals surface area contributed by atoms with E-state index in [1.807, 2.05) is 13.8 Å². The molecule has 0 radical (unpaired) electrons. The van der Waals surface area contributed by atoms with Gasteiger partial charge in [-0.1, -0.05) is 13.8 Å². The van der Waals surface area contributed by atoms with Crippen LogP contribution >= 0.6 is 0 Å². The molecule has 1 atom stereocenters. The Balaban J connectivity index is 1.56. The van der Waals surface area contributed by atoms with Gasteiger partial charge in [-0.25, -0.2) is 13.6 Å². The van der Waals surface area contributed by atoms with Crippen LogP contribution in [0.2, 0.25) is 0 Å². The molecule has 3 rings (SSSR count). The molecular formula is C20H25F2N3O4. The largest absolute Gasteiger partial charge is 0.449 e. The average molecular weight is 409 g/mol. The molecule has 158 valence electrons. The maximum absolute atomic E-state index is 13.5. The van der Waals surface area contributed by atoms with E-state index in [0.29, 0.717) is 32.8 Å². The van der Waals surface area contributed by atoms with Crippen molar-refractivity contribution >= 4 is 23.6 Å². The Morgan fingerprint density at radius 2 is 1.62 bits per heavy atom. The van der Waals surface area contributed by atoms with Gasteiger partial charge in [0.1, 0.15) is 17.6 Å². The first-order valence-corrected chi connectivity index (χ1v) is 9.74. The number of amides is 3. The van der Waals surface area contributed by atoms with Gasteiger partial charge in [0.2, 0.25) is 11.8 Å². The summed E-state index contributed by atoms with van der Waals surface area (Å²) in [6.07, 6.45) is -0.117. The molecule has 0 aromatic heterocycles. The summed E-state index contributed by atoms with van der Waals surface area (Å²) in [6, 6.07) is 2.89. The number of benzene rings is 1. The van der Waals surface area contributed by atoms with E-state index in [2.05, 4.69) is 0 Å². The number of anilines is 1. The number of ether oxygens (including phenoxy) is 1. The zero-order chi connectivity index (χ0) is 21.1. The Morgan fingerprint density at radius 3 is 2.21 bits per heavy atom. The van der Waals surface area contributed by atoms with Crippen LogP contribution in [0.5, 0.6) is 0 Å². The fourth-order valence-electron chi connectivity index (χ4n) is 3.52. The molecule has 1 aromatic carbocycles. The molecule has 0 N–H and O–H groups in total. The van der Waals surface area contributed by atoms with Crippen LogP contribution in [0.15, 0.2) is 18.2 Å². The highest BCUT2D eigenvalue weighted by atomic mass is 19.1. The molecule has 0 saturated carbocycles. The number of piperazine rings is 1. The van der Waals surface area contributed by atoms with Crippen molar-refractivity contribution < 1.29 is 27.9 Å². The van der Waals surface area contributed by atoms with E-state index in [4.69, 9.17) is 4.74 Å². The molecule has 3 amide bonds. The Bertz CT molecular complexity index is 774. The zero-order valence-corrected chi connectivity index (χ0v) is 16.6. The third-order valence-electron chi connectivity index (χ3n) is 5.05. The third-order valence-corrected chi connectivity index (χ3v) is 5.05. The van der Waals surface area contributed by atoms with E-state index in [0.717, 1.165) is 18.2 Å². The summed E-state index contributed by atoms with van der Waals surface area (Å²) in [5, 5.41) is 0. The summed E-state index contributed by atoms with van der Waals surface area (Å²) in [7, 11) is 0. The Labute approximate surface area is 168 Å². The second kappa shape index (κ2) is 8.75. The maximum Gasteiger partial charge on any atom is 0.409 e. The van der Waals surface area contributed by atoms with Crippen LogP contribution in [-0.2, 0) is 14.3 Å². The summed E-state index contributed by atoms with van der Waals surface area (Å²) in [6.45, 7) is 5.76. The van der Waals surface area contributed by atoms with Crippen molar-refractivity contribution in [3.05, 3.63) is 29.8 Å². The molecule has 29 heavy (non-hydrogen) atoms. The fraction of sp³-hybridized carbons (Fsp3) is 0.550. The highest BCUT2D eigenvalue weighted by Crippen LogP contribution is 2.28. The summed E-state index contributed by atoms with van der Waals surface area (Å²) in [4.78, 5) is 41.9. The molecule has 0 bridgehead atoms. The molecule has 7 nitrogen and oxygen atoms in total. The van der Waals surface area contributed by atoms with Crippen molar-refractivity contribution in [3.8, 4) is 0 Å². The van der Waals surface area contributed by atoms with Gasteiger partial charge in [0.05, 0.1) is 6.61 Å². The van der Waals surface area contributed by atoms with Gasteiger partial charge in [-0.15, -0.1) is 0 Å². The highest BCUT2D eigenvalue weighted by molar-refractivity contribution is 6.09. The number of hydrogen-bond acceptors (Lipinski definition) is 4. The van der Waals surface area contributed by atoms with Gasteiger partial charge in [0.25, 0.3) is 0 Å². The zero-order valence-electron chi connectivity index (χ0n) is 16.6. The van der Waals surface area contributed by atoms with Gasteiger partial charge >= 0.3 is 6.09 Å². The number of hydrogen-bond donors (Lipinski definition) is 0. The first-order chi connectivity index (χ1) is 13.8. The van der Waals surface area contributed by atoms with Crippen LogP contribution in [0, 0.1) is 23.5 Å². The molecule has 1 unspecified atom stereocenters. The van der Waals surface area contributed by atoms with Crippen LogP contribution in [0.25, 0.3) is 0 Å². The summed E-state index contributed by atoms with van der Waals surface area (Å²) >= 11 is 0. The van der Waals surface area contributed by atoms with Gasteiger partial charge in [0, 0.05) is 44.5 Å². The van der Waals surface area contributed by atoms with Gasteiger partial charge in [-0.2, -0.15) is 0 Å². The molecule has 2 saturated heterocycles. The normalized spacial score (nSPS) is 19.8. The lowest BCUT2D eigenvalue weighted by molar-refractivity contribution is -0.141. The first-order valence-electron chi connectivity index (χ1n) is 9.74. The van der Waals surface area contributed by atoms with E-state index >= 15 is 0 Å². The van der Waals surface area contributed by atoms with E-state index in [1.54, 1.807) is 9.80 Å². The van der Waals surface area contributed by atoms with Gasteiger partial charge in [-0.05, 0) is 24.5 Å². The molecule has 2 aliphatic rings. The van der Waals surface area contributed by atoms with E-state index in [-0.39, 0.29) is 30.5 Å². The summed E-state index contributed by atoms with van der Waals surface area (Å²) in [5.74, 6) is -2.96. The minimum Gasteiger partial charge on any atom is -0.449 e. The van der Waals surface area contributed by atoms with Crippen molar-refractivity contribution in [2.45, 2.75) is 20.3 Å². The third kappa shape index (κ3) is 4.83. The lowest BCUT2D eigenvalue weighted by atomic mass is 10.1. The number of halogens is 2. The molecule has 1 aromatic rings. The predicted molar refractivity (Wildman–Crippen MR) is 101 cm³/mol. The van der Waals surface area contributed by atoms with Gasteiger partial charge in [0.15, 0.2) is 0 Å². The second-order valence-corrected chi connectivity index (χ2v) is 7.74. The Hall–Kier alpha value is -2.71. The topological polar surface area (TPSA) is 70.2 Å². The number of nitrogens with zero attached hydrogens (tertiary/aromatic N) is 3. The standard InChI is InChI=1S/C20H25F2N3O4/c1-13(2)12-29-20(28)24-7-5-23(6-8-24)18(26)17-3-4-25(19(17)27)16-10-14(21)9-15(22)11-16/h9-11,13,17H,3-8,12H2,1-2H3. The smallest absolute Gasteiger partial charge is 0.409 e. The molecule has 9 heteroatoms. The SMILES string of the molecule is CC(C)COC(=O)N1CCN(C(=O)C2CCN(c3cc(F)cc(F)c3)C2=O)CC1. The fourth-order valence-corrected chi connectivity index (χ4v) is 3.52. The molecule has 0 aliphatic carbocycles. The maximum atomic E-state index is 13.5. The molecule has 0 spiro atoms. The summed E-state index contributed by atoms with van der Waals surface area (Å²) in [5.41, 5.74) is 0.112. The Morgan fingerprint density at radius 1 is 1.03 bits per heavy atom. The van der Waals surface area contributed by atoms with E-state index < -0.39 is 29.6 Å². The van der Waals surface area contributed by atoms with Crippen LogP contribution in [0.1, 0.15) is 20.3 Å². The lowest BCUT2D eigenvalue weighted by Crippen LogP contribution is -2.52. The highest BCUT2D eigenvalue weighted by Gasteiger charge is 2.40. The average Bonchev–Trinajstić information content (AvgIpc) is 3.06. The van der Waals surface area contributed by atoms with Crippen molar-refractivity contribution in [1.29, 1.82) is 0 Å². The predicted octanol–water partition coefficient (Wildman–Crippen LogP) is 2.25. The number of carbonyl (C=O) groups excluding carboxylic acids is 3. The van der Waals surface area contributed by atoms with Gasteiger partial charge < -0.3 is 19.4 Å². The monoisotopic (exact) mass is 409 g/mol.